The Labute approximate surface area is 84.9 Å². The van der Waals surface area contributed by atoms with Crippen LogP contribution in [0.2, 0.25) is 0 Å². The van der Waals surface area contributed by atoms with Crippen LogP contribution in [-0.4, -0.2) is 6.61 Å². The number of nitriles is 1. The number of hydrogen-bond acceptors (Lipinski definition) is 2. The van der Waals surface area contributed by atoms with Crippen molar-refractivity contribution in [1.29, 1.82) is 5.26 Å². The lowest BCUT2D eigenvalue weighted by atomic mass is 10.2. The van der Waals surface area contributed by atoms with E-state index in [-0.39, 0.29) is 6.61 Å². The molecule has 0 bridgehead atoms. The van der Waals surface area contributed by atoms with E-state index in [0.29, 0.717) is 12.5 Å². The van der Waals surface area contributed by atoms with Crippen LogP contribution in [-0.2, 0) is 0 Å². The summed E-state index contributed by atoms with van der Waals surface area (Å²) in [7, 11) is 0. The Hall–Kier alpha value is -1.70. The summed E-state index contributed by atoms with van der Waals surface area (Å²) < 4.78 is 43.8. The van der Waals surface area contributed by atoms with Crippen LogP contribution in [0.25, 0.3) is 0 Å². The Morgan fingerprint density at radius 1 is 1.33 bits per heavy atom. The number of nitrogens with zero attached hydrogens (tertiary/aromatic N) is 1. The van der Waals surface area contributed by atoms with E-state index < -0.39 is 28.8 Å². The zero-order chi connectivity index (χ0) is 11.4. The van der Waals surface area contributed by atoms with Gasteiger partial charge < -0.3 is 4.74 Å². The van der Waals surface area contributed by atoms with Crippen molar-refractivity contribution in [1.82, 2.24) is 0 Å². The van der Waals surface area contributed by atoms with Gasteiger partial charge in [0.15, 0.2) is 23.2 Å². The van der Waals surface area contributed by atoms with E-state index in [1.165, 1.54) is 6.07 Å². The van der Waals surface area contributed by atoms with Crippen LogP contribution in [0.15, 0.2) is 6.07 Å². The fourth-order valence-corrected chi connectivity index (χ4v) is 0.996. The molecule has 1 aromatic carbocycles. The van der Waals surface area contributed by atoms with Gasteiger partial charge in [0, 0.05) is 6.07 Å². The van der Waals surface area contributed by atoms with Gasteiger partial charge in [-0.05, 0) is 6.42 Å². The molecule has 0 aliphatic carbocycles. The summed E-state index contributed by atoms with van der Waals surface area (Å²) in [6, 6.07) is 1.85. The van der Waals surface area contributed by atoms with Gasteiger partial charge >= 0.3 is 0 Å². The molecule has 0 saturated heterocycles. The first-order valence-electron chi connectivity index (χ1n) is 4.32. The van der Waals surface area contributed by atoms with E-state index in [4.69, 9.17) is 10.00 Å². The van der Waals surface area contributed by atoms with Crippen molar-refractivity contribution in [3.63, 3.8) is 0 Å². The summed E-state index contributed by atoms with van der Waals surface area (Å²) in [4.78, 5) is 0. The molecule has 0 fully saturated rings. The second-order valence-electron chi connectivity index (χ2n) is 2.82. The molecule has 0 N–H and O–H groups in total. The Morgan fingerprint density at radius 2 is 2.00 bits per heavy atom. The molecule has 0 amide bonds. The molecular weight excluding hydrogens is 207 g/mol. The number of halogens is 3. The van der Waals surface area contributed by atoms with Crippen LogP contribution in [0.4, 0.5) is 13.2 Å². The topological polar surface area (TPSA) is 33.0 Å². The van der Waals surface area contributed by atoms with E-state index in [1.807, 2.05) is 0 Å². The molecule has 0 atom stereocenters. The molecular formula is C10H8F3NO. The highest BCUT2D eigenvalue weighted by atomic mass is 19.2. The van der Waals surface area contributed by atoms with E-state index in [9.17, 15) is 13.2 Å². The predicted octanol–water partition coefficient (Wildman–Crippen LogP) is 2.76. The summed E-state index contributed by atoms with van der Waals surface area (Å²) in [5, 5.41) is 8.42. The predicted molar refractivity (Wildman–Crippen MR) is 46.8 cm³/mol. The summed E-state index contributed by atoms with van der Waals surface area (Å²) in [5.41, 5.74) is -0.957. The molecule has 0 radical (unpaired) electrons. The van der Waals surface area contributed by atoms with Gasteiger partial charge in [-0.25, -0.2) is 13.2 Å². The largest absolute Gasteiger partial charge is 0.490 e. The average Bonchev–Trinajstić information content (AvgIpc) is 2.22. The van der Waals surface area contributed by atoms with Crippen molar-refractivity contribution in [2.24, 2.45) is 0 Å². The van der Waals surface area contributed by atoms with Crippen molar-refractivity contribution in [2.75, 3.05) is 6.61 Å². The third-order valence-corrected chi connectivity index (χ3v) is 1.70. The van der Waals surface area contributed by atoms with Gasteiger partial charge in [0.1, 0.15) is 11.6 Å². The maximum Gasteiger partial charge on any atom is 0.185 e. The van der Waals surface area contributed by atoms with E-state index in [2.05, 4.69) is 0 Å². The van der Waals surface area contributed by atoms with Crippen LogP contribution in [0.3, 0.4) is 0 Å². The molecule has 80 valence electrons. The van der Waals surface area contributed by atoms with Gasteiger partial charge in [0.2, 0.25) is 0 Å². The van der Waals surface area contributed by atoms with Gasteiger partial charge in [-0.3, -0.25) is 0 Å². The number of ether oxygens (including phenoxy) is 1. The fraction of sp³-hybridized carbons (Fsp3) is 0.300. The van der Waals surface area contributed by atoms with Crippen LogP contribution < -0.4 is 4.74 Å². The minimum Gasteiger partial charge on any atom is -0.490 e. The molecule has 0 aliphatic heterocycles. The highest BCUT2D eigenvalue weighted by molar-refractivity contribution is 5.40. The zero-order valence-electron chi connectivity index (χ0n) is 7.98. The molecule has 0 saturated carbocycles. The number of hydrogen-bond donors (Lipinski definition) is 0. The van der Waals surface area contributed by atoms with Crippen molar-refractivity contribution in [2.45, 2.75) is 13.3 Å². The minimum atomic E-state index is -1.49. The molecule has 2 nitrogen and oxygen atoms in total. The molecule has 0 unspecified atom stereocenters. The van der Waals surface area contributed by atoms with Crippen LogP contribution >= 0.6 is 0 Å². The summed E-state index contributed by atoms with van der Waals surface area (Å²) >= 11 is 0. The fourth-order valence-electron chi connectivity index (χ4n) is 0.996. The first-order valence-corrected chi connectivity index (χ1v) is 4.32. The summed E-state index contributed by atoms with van der Waals surface area (Å²) in [5.74, 6) is -4.38. The normalized spacial score (nSPS) is 9.80. The Morgan fingerprint density at radius 3 is 2.53 bits per heavy atom. The Balaban J connectivity index is 3.20. The first kappa shape index (κ1) is 11.4. The first-order chi connectivity index (χ1) is 7.11. The average molecular weight is 215 g/mol. The van der Waals surface area contributed by atoms with Gasteiger partial charge in [-0.15, -0.1) is 0 Å². The Bertz CT molecular complexity index is 412. The van der Waals surface area contributed by atoms with Crippen LogP contribution in [0.5, 0.6) is 5.75 Å². The third-order valence-electron chi connectivity index (χ3n) is 1.70. The van der Waals surface area contributed by atoms with Gasteiger partial charge in [0.05, 0.1) is 6.61 Å². The Kier molecular flexibility index (Phi) is 3.56. The van der Waals surface area contributed by atoms with Crippen LogP contribution in [0.1, 0.15) is 18.9 Å². The summed E-state index contributed by atoms with van der Waals surface area (Å²) in [6.45, 7) is 1.95. The maximum absolute atomic E-state index is 13.3. The van der Waals surface area contributed by atoms with Crippen LogP contribution in [0, 0.1) is 28.8 Å². The van der Waals surface area contributed by atoms with E-state index in [0.717, 1.165) is 0 Å². The monoisotopic (exact) mass is 215 g/mol. The minimum absolute atomic E-state index is 0.173. The summed E-state index contributed by atoms with van der Waals surface area (Å²) in [6.07, 6.45) is 0.598. The molecule has 0 aromatic heterocycles. The number of rotatable bonds is 3. The van der Waals surface area contributed by atoms with E-state index in [1.54, 1.807) is 6.92 Å². The standard InChI is InChI=1S/C10H8F3NO/c1-2-3-15-8-4-7(11)9(12)6(5-14)10(8)13/h4H,2-3H2,1H3. The lowest BCUT2D eigenvalue weighted by Gasteiger charge is -2.07. The van der Waals surface area contributed by atoms with Gasteiger partial charge in [0.25, 0.3) is 0 Å². The molecule has 1 rings (SSSR count). The molecule has 0 aliphatic rings. The van der Waals surface area contributed by atoms with Crippen molar-refractivity contribution < 1.29 is 17.9 Å². The molecule has 15 heavy (non-hydrogen) atoms. The maximum atomic E-state index is 13.3. The zero-order valence-corrected chi connectivity index (χ0v) is 7.98. The quantitative estimate of drug-likeness (QED) is 0.726. The van der Waals surface area contributed by atoms with Crippen molar-refractivity contribution in [3.8, 4) is 11.8 Å². The van der Waals surface area contributed by atoms with Crippen molar-refractivity contribution >= 4 is 0 Å². The lowest BCUT2D eigenvalue weighted by molar-refractivity contribution is 0.296. The number of benzene rings is 1. The SMILES string of the molecule is CCCOc1cc(F)c(F)c(C#N)c1F. The van der Waals surface area contributed by atoms with Gasteiger partial charge in [-0.1, -0.05) is 6.92 Å². The second kappa shape index (κ2) is 4.69. The van der Waals surface area contributed by atoms with Gasteiger partial charge in [-0.2, -0.15) is 5.26 Å². The van der Waals surface area contributed by atoms with E-state index >= 15 is 0 Å². The highest BCUT2D eigenvalue weighted by Crippen LogP contribution is 2.25. The third kappa shape index (κ3) is 2.21. The molecule has 1 aromatic rings. The lowest BCUT2D eigenvalue weighted by Crippen LogP contribution is -2.02. The molecule has 5 heteroatoms. The van der Waals surface area contributed by atoms with Crippen molar-refractivity contribution in [3.05, 3.63) is 29.1 Å². The molecule has 0 heterocycles. The smallest absolute Gasteiger partial charge is 0.185 e. The highest BCUT2D eigenvalue weighted by Gasteiger charge is 2.19. The molecule has 0 spiro atoms. The second-order valence-corrected chi connectivity index (χ2v) is 2.82.